The molecule has 2 aromatic heterocycles. The van der Waals surface area contributed by atoms with Crippen molar-refractivity contribution in [1.29, 1.82) is 0 Å². The molecule has 0 radical (unpaired) electrons. The second-order valence-electron chi connectivity index (χ2n) is 6.10. The van der Waals surface area contributed by atoms with E-state index in [1.54, 1.807) is 55.9 Å². The van der Waals surface area contributed by atoms with Crippen molar-refractivity contribution in [1.82, 2.24) is 4.98 Å². The highest BCUT2D eigenvalue weighted by atomic mass is 16.5. The average Bonchev–Trinajstić information content (AvgIpc) is 3.29. The number of anilines is 2. The number of aromatic hydroxyl groups is 1. The molecule has 146 valence electrons. The number of carbonyl (C=O) groups is 1. The average molecular weight is 391 g/mol. The molecular formula is C21H17N3O5. The van der Waals surface area contributed by atoms with Crippen molar-refractivity contribution in [3.63, 3.8) is 0 Å². The van der Waals surface area contributed by atoms with Crippen molar-refractivity contribution in [3.8, 4) is 11.5 Å². The first-order chi connectivity index (χ1) is 14.1. The van der Waals surface area contributed by atoms with Gasteiger partial charge >= 0.3 is 5.97 Å². The molecule has 3 heterocycles. The van der Waals surface area contributed by atoms with Crippen molar-refractivity contribution in [2.45, 2.75) is 0 Å². The number of methoxy groups -OCH3 is 2. The van der Waals surface area contributed by atoms with E-state index in [4.69, 9.17) is 13.9 Å². The highest BCUT2D eigenvalue weighted by Gasteiger charge is 2.27. The fourth-order valence-electron chi connectivity index (χ4n) is 2.90. The molecule has 4 rings (SSSR count). The van der Waals surface area contributed by atoms with Crippen LogP contribution in [0.3, 0.4) is 0 Å². The number of nitrogens with one attached hydrogen (secondary N) is 1. The normalized spacial score (nSPS) is 13.4. The lowest BCUT2D eigenvalue weighted by atomic mass is 10.1. The van der Waals surface area contributed by atoms with Crippen LogP contribution in [-0.4, -0.2) is 36.5 Å². The van der Waals surface area contributed by atoms with Gasteiger partial charge in [0.2, 0.25) is 5.88 Å². The van der Waals surface area contributed by atoms with E-state index < -0.39 is 5.97 Å². The van der Waals surface area contributed by atoms with Crippen LogP contribution < -0.4 is 10.1 Å². The van der Waals surface area contributed by atoms with Crippen LogP contribution >= 0.6 is 0 Å². The molecule has 1 aromatic carbocycles. The predicted octanol–water partition coefficient (Wildman–Crippen LogP) is 4.18. The minimum absolute atomic E-state index is 0.0627. The third-order valence-electron chi connectivity index (χ3n) is 4.36. The first-order valence-electron chi connectivity index (χ1n) is 8.67. The largest absolute Gasteiger partial charge is 0.504 e. The van der Waals surface area contributed by atoms with Gasteiger partial charge in [-0.2, -0.15) is 0 Å². The third-order valence-corrected chi connectivity index (χ3v) is 4.36. The summed E-state index contributed by atoms with van der Waals surface area (Å²) in [6, 6.07) is 10.7. The van der Waals surface area contributed by atoms with E-state index >= 15 is 0 Å². The second kappa shape index (κ2) is 7.51. The number of hydrogen-bond donors (Lipinski definition) is 2. The SMILES string of the molecule is COC(=O)c1c(Nc2ccc(OC)cc2)oc(/C=C2\C=Nc3ncccc32)c1O. The van der Waals surface area contributed by atoms with Crippen molar-refractivity contribution in [3.05, 3.63) is 59.5 Å². The van der Waals surface area contributed by atoms with Gasteiger partial charge in [-0.1, -0.05) is 0 Å². The molecule has 0 bridgehead atoms. The van der Waals surface area contributed by atoms with E-state index in [1.807, 2.05) is 6.07 Å². The summed E-state index contributed by atoms with van der Waals surface area (Å²) >= 11 is 0. The Hall–Kier alpha value is -4.07. The molecule has 3 aromatic rings. The molecule has 0 aliphatic carbocycles. The Balaban J connectivity index is 1.73. The van der Waals surface area contributed by atoms with Gasteiger partial charge in [-0.15, -0.1) is 0 Å². The highest BCUT2D eigenvalue weighted by Crippen LogP contribution is 2.39. The van der Waals surface area contributed by atoms with E-state index in [2.05, 4.69) is 15.3 Å². The van der Waals surface area contributed by atoms with Crippen LogP contribution in [0, 0.1) is 0 Å². The lowest BCUT2D eigenvalue weighted by Crippen LogP contribution is -2.03. The second-order valence-corrected chi connectivity index (χ2v) is 6.10. The monoisotopic (exact) mass is 391 g/mol. The van der Waals surface area contributed by atoms with Crippen molar-refractivity contribution < 1.29 is 23.8 Å². The number of aliphatic imine (C=N–C) groups is 1. The lowest BCUT2D eigenvalue weighted by Gasteiger charge is -2.06. The number of nitrogens with zero attached hydrogens (tertiary/aromatic N) is 2. The van der Waals surface area contributed by atoms with Gasteiger partial charge in [0, 0.05) is 29.2 Å². The third kappa shape index (κ3) is 3.43. The molecule has 0 atom stereocenters. The minimum atomic E-state index is -0.728. The fourth-order valence-corrected chi connectivity index (χ4v) is 2.90. The summed E-state index contributed by atoms with van der Waals surface area (Å²) < 4.78 is 15.7. The lowest BCUT2D eigenvalue weighted by molar-refractivity contribution is 0.0598. The summed E-state index contributed by atoms with van der Waals surface area (Å²) in [5, 5.41) is 13.6. The highest BCUT2D eigenvalue weighted by molar-refractivity contribution is 6.21. The molecule has 0 amide bonds. The molecule has 1 aliphatic rings. The van der Waals surface area contributed by atoms with Gasteiger partial charge in [0.1, 0.15) is 5.75 Å². The first-order valence-corrected chi connectivity index (χ1v) is 8.67. The number of esters is 1. The topological polar surface area (TPSA) is 106 Å². The van der Waals surface area contributed by atoms with E-state index in [0.717, 1.165) is 5.56 Å². The van der Waals surface area contributed by atoms with Crippen LogP contribution in [0.1, 0.15) is 21.7 Å². The molecule has 8 heteroatoms. The van der Waals surface area contributed by atoms with Crippen molar-refractivity contribution >= 4 is 41.2 Å². The fraction of sp³-hybridized carbons (Fsp3) is 0.0952. The Kier molecular flexibility index (Phi) is 4.74. The van der Waals surface area contributed by atoms with E-state index in [0.29, 0.717) is 22.8 Å². The number of carbonyl (C=O) groups excluding carboxylic acids is 1. The molecule has 0 fully saturated rings. The van der Waals surface area contributed by atoms with Crippen LogP contribution in [0.25, 0.3) is 11.6 Å². The quantitative estimate of drug-likeness (QED) is 0.629. The molecule has 0 saturated carbocycles. The summed E-state index contributed by atoms with van der Waals surface area (Å²) in [5.41, 5.74) is 2.04. The summed E-state index contributed by atoms with van der Waals surface area (Å²) in [5.74, 6) is 0.367. The molecule has 2 N–H and O–H groups in total. The van der Waals surface area contributed by atoms with E-state index in [1.165, 1.54) is 7.11 Å². The Morgan fingerprint density at radius 1 is 1.21 bits per heavy atom. The predicted molar refractivity (Wildman–Crippen MR) is 108 cm³/mol. The van der Waals surface area contributed by atoms with Crippen LogP contribution in [-0.2, 0) is 4.74 Å². The van der Waals surface area contributed by atoms with Gasteiger partial charge in [-0.3, -0.25) is 0 Å². The number of allylic oxidation sites excluding steroid dienone is 1. The zero-order valence-electron chi connectivity index (χ0n) is 15.7. The number of aromatic nitrogens is 1. The molecule has 0 saturated heterocycles. The molecule has 0 spiro atoms. The van der Waals surface area contributed by atoms with Crippen LogP contribution in [0.15, 0.2) is 52.0 Å². The Morgan fingerprint density at radius 3 is 2.72 bits per heavy atom. The number of hydrogen-bond acceptors (Lipinski definition) is 8. The maximum atomic E-state index is 12.2. The van der Waals surface area contributed by atoms with Crippen molar-refractivity contribution in [2.24, 2.45) is 4.99 Å². The zero-order chi connectivity index (χ0) is 20.4. The molecule has 29 heavy (non-hydrogen) atoms. The summed E-state index contributed by atoms with van der Waals surface area (Å²) in [4.78, 5) is 20.6. The maximum absolute atomic E-state index is 12.2. The van der Waals surface area contributed by atoms with E-state index in [9.17, 15) is 9.90 Å². The maximum Gasteiger partial charge on any atom is 0.347 e. The van der Waals surface area contributed by atoms with Gasteiger partial charge in [-0.25, -0.2) is 14.8 Å². The van der Waals surface area contributed by atoms with Crippen LogP contribution in [0.4, 0.5) is 17.4 Å². The van der Waals surface area contributed by atoms with Crippen LogP contribution in [0.5, 0.6) is 11.5 Å². The van der Waals surface area contributed by atoms with Gasteiger partial charge in [0.25, 0.3) is 0 Å². The number of fused-ring (bicyclic) bond motifs is 1. The van der Waals surface area contributed by atoms with E-state index in [-0.39, 0.29) is 23.0 Å². The van der Waals surface area contributed by atoms with Gasteiger partial charge in [0.05, 0.1) is 14.2 Å². The number of benzene rings is 1. The standard InChI is InChI=1S/C21H17N3O5/c1-27-14-7-5-13(6-8-14)24-20-17(21(26)28-2)18(25)16(29-20)10-12-11-23-19-15(12)4-3-9-22-19/h3-11,24-25H,1-2H3/b12-10+. The first kappa shape index (κ1) is 18.3. The van der Waals surface area contributed by atoms with Gasteiger partial charge < -0.3 is 24.3 Å². The molecule has 8 nitrogen and oxygen atoms in total. The van der Waals surface area contributed by atoms with Gasteiger partial charge in [0.15, 0.2) is 22.9 Å². The van der Waals surface area contributed by atoms with Crippen LogP contribution in [0.2, 0.25) is 0 Å². The minimum Gasteiger partial charge on any atom is -0.504 e. The summed E-state index contributed by atoms with van der Waals surface area (Å²) in [7, 11) is 2.80. The van der Waals surface area contributed by atoms with Crippen molar-refractivity contribution in [2.75, 3.05) is 19.5 Å². The number of rotatable bonds is 5. The molecule has 1 aliphatic heterocycles. The molecule has 0 unspecified atom stereocenters. The number of pyridine rings is 1. The van der Waals surface area contributed by atoms with Gasteiger partial charge in [-0.05, 0) is 42.5 Å². The smallest absolute Gasteiger partial charge is 0.347 e. The Labute approximate surface area is 166 Å². The summed E-state index contributed by atoms with van der Waals surface area (Å²) in [6.45, 7) is 0. The molecular weight excluding hydrogens is 374 g/mol. The Bertz CT molecular complexity index is 1130. The number of ether oxygens (including phenoxy) is 2. The zero-order valence-corrected chi connectivity index (χ0v) is 15.7. The summed E-state index contributed by atoms with van der Waals surface area (Å²) in [6.07, 6.45) is 4.86. The number of furan rings is 1. The Morgan fingerprint density at radius 2 is 2.00 bits per heavy atom.